The highest BCUT2D eigenvalue weighted by Crippen LogP contribution is 2.24. The van der Waals surface area contributed by atoms with E-state index in [4.69, 9.17) is 4.74 Å². The van der Waals surface area contributed by atoms with Gasteiger partial charge in [0, 0.05) is 35.2 Å². The van der Waals surface area contributed by atoms with Gasteiger partial charge in [-0.25, -0.2) is 0 Å². The second kappa shape index (κ2) is 8.22. The second-order valence-electron chi connectivity index (χ2n) is 6.28. The number of nitrogens with zero attached hydrogens (tertiary/aromatic N) is 1. The summed E-state index contributed by atoms with van der Waals surface area (Å²) < 4.78 is 5.82. The van der Waals surface area contributed by atoms with Gasteiger partial charge < -0.3 is 15.4 Å². The molecule has 0 aliphatic rings. The van der Waals surface area contributed by atoms with Crippen molar-refractivity contribution in [3.63, 3.8) is 0 Å². The van der Waals surface area contributed by atoms with Crippen LogP contribution in [0.1, 0.15) is 0 Å². The number of carbonyl (C=O) groups excluding carboxylic acids is 1. The molecule has 0 unspecified atom stereocenters. The van der Waals surface area contributed by atoms with E-state index in [1.807, 2.05) is 78.9 Å². The van der Waals surface area contributed by atoms with E-state index in [1.165, 1.54) is 0 Å². The maximum Gasteiger partial charge on any atom is 0.243 e. The molecule has 5 heteroatoms. The van der Waals surface area contributed by atoms with E-state index in [2.05, 4.69) is 15.6 Å². The summed E-state index contributed by atoms with van der Waals surface area (Å²) in [5.74, 6) is 1.35. The third-order valence-electron chi connectivity index (χ3n) is 4.19. The number of amides is 1. The molecule has 3 aromatic carbocycles. The molecule has 0 atom stereocenters. The molecule has 138 valence electrons. The summed E-state index contributed by atoms with van der Waals surface area (Å²) in [6.07, 6.45) is 3.53. The van der Waals surface area contributed by atoms with Gasteiger partial charge in [-0.2, -0.15) is 0 Å². The van der Waals surface area contributed by atoms with Crippen LogP contribution in [0.15, 0.2) is 91.3 Å². The summed E-state index contributed by atoms with van der Waals surface area (Å²) in [5.41, 5.74) is 1.57. The molecule has 28 heavy (non-hydrogen) atoms. The zero-order chi connectivity index (χ0) is 19.2. The SMILES string of the molecule is O=C(CNc1cccc(Oc2ccccc2)c1)Nc1ccc2cnccc2c1. The number of pyridine rings is 1. The van der Waals surface area contributed by atoms with Crippen molar-refractivity contribution in [3.8, 4) is 11.5 Å². The Hall–Kier alpha value is -3.86. The molecule has 2 N–H and O–H groups in total. The standard InChI is InChI=1S/C23H19N3O2/c27-23(26-20-10-9-18-15-24-12-11-17(18)13-20)16-25-19-5-4-8-22(14-19)28-21-6-2-1-3-7-21/h1-15,25H,16H2,(H,26,27). The second-order valence-corrected chi connectivity index (χ2v) is 6.28. The topological polar surface area (TPSA) is 63.2 Å². The van der Waals surface area contributed by atoms with Gasteiger partial charge in [-0.05, 0) is 47.9 Å². The van der Waals surface area contributed by atoms with Crippen LogP contribution in [-0.2, 0) is 4.79 Å². The monoisotopic (exact) mass is 369 g/mol. The Balaban J connectivity index is 1.35. The average Bonchev–Trinajstić information content (AvgIpc) is 2.73. The van der Waals surface area contributed by atoms with Crippen LogP contribution in [0.3, 0.4) is 0 Å². The van der Waals surface area contributed by atoms with E-state index in [1.54, 1.807) is 12.4 Å². The van der Waals surface area contributed by atoms with Crippen LogP contribution >= 0.6 is 0 Å². The van der Waals surface area contributed by atoms with E-state index in [0.29, 0.717) is 5.75 Å². The van der Waals surface area contributed by atoms with Gasteiger partial charge in [-0.3, -0.25) is 9.78 Å². The van der Waals surface area contributed by atoms with Gasteiger partial charge in [0.2, 0.25) is 5.91 Å². The number of aromatic nitrogens is 1. The fraction of sp³-hybridized carbons (Fsp3) is 0.0435. The molecule has 4 aromatic rings. The van der Waals surface area contributed by atoms with Crippen LogP contribution in [-0.4, -0.2) is 17.4 Å². The zero-order valence-corrected chi connectivity index (χ0v) is 15.1. The van der Waals surface area contributed by atoms with Crippen molar-refractivity contribution in [2.45, 2.75) is 0 Å². The van der Waals surface area contributed by atoms with Crippen molar-refractivity contribution in [2.24, 2.45) is 0 Å². The lowest BCUT2D eigenvalue weighted by Crippen LogP contribution is -2.21. The molecule has 1 amide bonds. The van der Waals surface area contributed by atoms with Gasteiger partial charge >= 0.3 is 0 Å². The van der Waals surface area contributed by atoms with Gasteiger partial charge in [-0.15, -0.1) is 0 Å². The number of rotatable bonds is 6. The van der Waals surface area contributed by atoms with E-state index < -0.39 is 0 Å². The molecule has 0 bridgehead atoms. The van der Waals surface area contributed by atoms with E-state index in [9.17, 15) is 4.79 Å². The van der Waals surface area contributed by atoms with Crippen molar-refractivity contribution >= 4 is 28.1 Å². The predicted molar refractivity (Wildman–Crippen MR) is 112 cm³/mol. The van der Waals surface area contributed by atoms with Gasteiger partial charge in [-0.1, -0.05) is 30.3 Å². The Kier molecular flexibility index (Phi) is 5.15. The molecule has 0 fully saturated rings. The van der Waals surface area contributed by atoms with Crippen LogP contribution in [0.2, 0.25) is 0 Å². The van der Waals surface area contributed by atoms with Crippen LogP contribution in [0.25, 0.3) is 10.8 Å². The summed E-state index contributed by atoms with van der Waals surface area (Å²) in [7, 11) is 0. The van der Waals surface area contributed by atoms with Gasteiger partial charge in [0.05, 0.1) is 6.54 Å². The summed E-state index contributed by atoms with van der Waals surface area (Å²) in [4.78, 5) is 16.4. The number of hydrogen-bond acceptors (Lipinski definition) is 4. The van der Waals surface area contributed by atoms with Crippen molar-refractivity contribution in [3.05, 3.63) is 91.3 Å². The number of hydrogen-bond donors (Lipinski definition) is 2. The maximum absolute atomic E-state index is 12.3. The molecule has 0 saturated carbocycles. The number of nitrogens with one attached hydrogen (secondary N) is 2. The zero-order valence-electron chi connectivity index (χ0n) is 15.1. The average molecular weight is 369 g/mol. The highest BCUT2D eigenvalue weighted by molar-refractivity contribution is 5.96. The summed E-state index contributed by atoms with van der Waals surface area (Å²) in [6.45, 7) is 0.156. The number of carbonyl (C=O) groups is 1. The fourth-order valence-electron chi connectivity index (χ4n) is 2.84. The smallest absolute Gasteiger partial charge is 0.243 e. The molecule has 1 heterocycles. The Labute approximate surface area is 163 Å². The van der Waals surface area contributed by atoms with E-state index >= 15 is 0 Å². The molecule has 1 aromatic heterocycles. The van der Waals surface area contributed by atoms with Gasteiger partial charge in [0.1, 0.15) is 11.5 Å². The molecule has 5 nitrogen and oxygen atoms in total. The Morgan fingerprint density at radius 2 is 1.68 bits per heavy atom. The first-order chi connectivity index (χ1) is 13.8. The molecule has 0 spiro atoms. The molecule has 0 saturated heterocycles. The highest BCUT2D eigenvalue weighted by atomic mass is 16.5. The minimum Gasteiger partial charge on any atom is -0.457 e. The first kappa shape index (κ1) is 17.5. The highest BCUT2D eigenvalue weighted by Gasteiger charge is 2.05. The molecule has 0 radical (unpaired) electrons. The first-order valence-electron chi connectivity index (χ1n) is 8.97. The van der Waals surface area contributed by atoms with Crippen LogP contribution in [0, 0.1) is 0 Å². The fourth-order valence-corrected chi connectivity index (χ4v) is 2.84. The lowest BCUT2D eigenvalue weighted by molar-refractivity contribution is -0.114. The summed E-state index contributed by atoms with van der Waals surface area (Å²) in [6, 6.07) is 24.8. The van der Waals surface area contributed by atoms with Crippen molar-refractivity contribution in [1.82, 2.24) is 4.98 Å². The number of benzene rings is 3. The molecule has 0 aliphatic heterocycles. The van der Waals surface area contributed by atoms with Crippen LogP contribution in [0.5, 0.6) is 11.5 Å². The van der Waals surface area contributed by atoms with E-state index in [0.717, 1.165) is 27.9 Å². The Morgan fingerprint density at radius 1 is 0.821 bits per heavy atom. The third kappa shape index (κ3) is 4.45. The van der Waals surface area contributed by atoms with Crippen molar-refractivity contribution < 1.29 is 9.53 Å². The van der Waals surface area contributed by atoms with Gasteiger partial charge in [0.15, 0.2) is 0 Å². The van der Waals surface area contributed by atoms with Crippen LogP contribution < -0.4 is 15.4 Å². The minimum atomic E-state index is -0.122. The Morgan fingerprint density at radius 3 is 2.57 bits per heavy atom. The number of para-hydroxylation sites is 1. The minimum absolute atomic E-state index is 0.122. The number of fused-ring (bicyclic) bond motifs is 1. The predicted octanol–water partition coefficient (Wildman–Crippen LogP) is 5.08. The maximum atomic E-state index is 12.3. The summed E-state index contributed by atoms with van der Waals surface area (Å²) in [5, 5.41) is 8.10. The third-order valence-corrected chi connectivity index (χ3v) is 4.19. The summed E-state index contributed by atoms with van der Waals surface area (Å²) >= 11 is 0. The van der Waals surface area contributed by atoms with Crippen LogP contribution in [0.4, 0.5) is 11.4 Å². The molecular weight excluding hydrogens is 350 g/mol. The normalized spacial score (nSPS) is 10.4. The van der Waals surface area contributed by atoms with Gasteiger partial charge in [0.25, 0.3) is 0 Å². The number of ether oxygens (including phenoxy) is 1. The molecular formula is C23H19N3O2. The van der Waals surface area contributed by atoms with E-state index in [-0.39, 0.29) is 12.5 Å². The lowest BCUT2D eigenvalue weighted by atomic mass is 10.1. The lowest BCUT2D eigenvalue weighted by Gasteiger charge is -2.10. The first-order valence-corrected chi connectivity index (χ1v) is 8.97. The quantitative estimate of drug-likeness (QED) is 0.498. The Bertz CT molecular complexity index is 1100. The van der Waals surface area contributed by atoms with Crippen molar-refractivity contribution in [1.29, 1.82) is 0 Å². The largest absolute Gasteiger partial charge is 0.457 e. The molecule has 0 aliphatic carbocycles. The molecule has 4 rings (SSSR count). The number of anilines is 2. The van der Waals surface area contributed by atoms with Crippen molar-refractivity contribution in [2.75, 3.05) is 17.2 Å².